The molecule has 16 heavy (non-hydrogen) atoms. The molecule has 5 nitrogen and oxygen atoms in total. The maximum absolute atomic E-state index is 5.67. The topological polar surface area (TPSA) is 69.6 Å². The molecule has 7 heteroatoms. The zero-order valence-corrected chi connectivity index (χ0v) is 10.9. The highest BCUT2D eigenvalue weighted by atomic mass is 127. The van der Waals surface area contributed by atoms with Crippen LogP contribution in [0, 0.1) is 3.57 Å². The van der Waals surface area contributed by atoms with Crippen molar-refractivity contribution in [1.29, 1.82) is 0 Å². The highest BCUT2D eigenvalue weighted by molar-refractivity contribution is 14.1. The summed E-state index contributed by atoms with van der Waals surface area (Å²) in [5.41, 5.74) is 5.67. The summed E-state index contributed by atoms with van der Waals surface area (Å²) in [6.07, 6.45) is 3.68. The molecule has 0 aliphatic rings. The third-order valence-corrected chi connectivity index (χ3v) is 3.45. The van der Waals surface area contributed by atoms with Gasteiger partial charge in [-0.25, -0.2) is 9.67 Å². The van der Waals surface area contributed by atoms with Crippen molar-refractivity contribution in [2.45, 2.75) is 0 Å². The van der Waals surface area contributed by atoms with Crippen molar-refractivity contribution in [2.75, 3.05) is 5.73 Å². The molecule has 2 N–H and O–H groups in total. The summed E-state index contributed by atoms with van der Waals surface area (Å²) in [4.78, 5) is 9.28. The molecule has 0 amide bonds. The van der Waals surface area contributed by atoms with Gasteiger partial charge in [0.1, 0.15) is 4.83 Å². The van der Waals surface area contributed by atoms with Gasteiger partial charge in [-0.1, -0.05) is 0 Å². The predicted octanol–water partition coefficient (Wildman–Crippen LogP) is 2.06. The van der Waals surface area contributed by atoms with Crippen LogP contribution in [0.1, 0.15) is 0 Å². The number of aromatic nitrogens is 4. The Morgan fingerprint density at radius 2 is 2.25 bits per heavy atom. The molecular formula is C9H6IN5S. The second kappa shape index (κ2) is 3.67. The van der Waals surface area contributed by atoms with E-state index in [1.807, 2.05) is 17.6 Å². The van der Waals surface area contributed by atoms with E-state index in [9.17, 15) is 0 Å². The zero-order valence-electron chi connectivity index (χ0n) is 7.96. The molecule has 3 aromatic heterocycles. The number of thiophene rings is 1. The largest absolute Gasteiger partial charge is 0.368 e. The minimum atomic E-state index is 0.274. The van der Waals surface area contributed by atoms with E-state index in [0.717, 1.165) is 19.6 Å². The van der Waals surface area contributed by atoms with Gasteiger partial charge in [-0.3, -0.25) is 0 Å². The van der Waals surface area contributed by atoms with Gasteiger partial charge >= 0.3 is 0 Å². The summed E-state index contributed by atoms with van der Waals surface area (Å²) < 4.78 is 2.77. The molecule has 3 heterocycles. The summed E-state index contributed by atoms with van der Waals surface area (Å²) in [5, 5.41) is 7.16. The standard InChI is InChI=1S/C9H6IN5S/c10-5-3-12-15(4-5)7-6-1-2-16-8(6)14-9(11)13-7/h1-4H,(H2,11,13,14). The molecule has 0 aliphatic carbocycles. The van der Waals surface area contributed by atoms with Gasteiger partial charge in [-0.15, -0.1) is 11.3 Å². The number of rotatable bonds is 1. The minimum absolute atomic E-state index is 0.274. The highest BCUT2D eigenvalue weighted by Gasteiger charge is 2.09. The summed E-state index contributed by atoms with van der Waals surface area (Å²) in [5.74, 6) is 1.00. The van der Waals surface area contributed by atoms with Crippen LogP contribution in [0.3, 0.4) is 0 Å². The number of hydrogen-bond donors (Lipinski definition) is 1. The van der Waals surface area contributed by atoms with Gasteiger partial charge < -0.3 is 5.73 Å². The average molecular weight is 343 g/mol. The first-order chi connectivity index (χ1) is 7.74. The van der Waals surface area contributed by atoms with Crippen molar-refractivity contribution < 1.29 is 0 Å². The van der Waals surface area contributed by atoms with Crippen molar-refractivity contribution in [2.24, 2.45) is 0 Å². The van der Waals surface area contributed by atoms with E-state index in [4.69, 9.17) is 5.73 Å². The molecule has 0 unspecified atom stereocenters. The van der Waals surface area contributed by atoms with Gasteiger partial charge in [0.2, 0.25) is 5.95 Å². The molecule has 0 bridgehead atoms. The molecule has 0 atom stereocenters. The Morgan fingerprint density at radius 1 is 1.38 bits per heavy atom. The lowest BCUT2D eigenvalue weighted by Crippen LogP contribution is -2.03. The van der Waals surface area contributed by atoms with Crippen LogP contribution in [0.2, 0.25) is 0 Å². The quantitative estimate of drug-likeness (QED) is 0.687. The van der Waals surface area contributed by atoms with Gasteiger partial charge in [0, 0.05) is 6.20 Å². The van der Waals surface area contributed by atoms with E-state index in [-0.39, 0.29) is 5.95 Å². The summed E-state index contributed by atoms with van der Waals surface area (Å²) in [6, 6.07) is 1.98. The molecule has 3 aromatic rings. The maximum atomic E-state index is 5.67. The van der Waals surface area contributed by atoms with Crippen LogP contribution in [0.5, 0.6) is 0 Å². The third kappa shape index (κ3) is 1.55. The van der Waals surface area contributed by atoms with Gasteiger partial charge in [0.15, 0.2) is 5.82 Å². The van der Waals surface area contributed by atoms with Crippen LogP contribution in [0.25, 0.3) is 16.0 Å². The number of nitrogen functional groups attached to an aromatic ring is 1. The summed E-state index contributed by atoms with van der Waals surface area (Å²) in [6.45, 7) is 0. The monoisotopic (exact) mass is 343 g/mol. The Labute approximate surface area is 108 Å². The lowest BCUT2D eigenvalue weighted by molar-refractivity contribution is 0.854. The molecule has 0 spiro atoms. The van der Waals surface area contributed by atoms with Crippen molar-refractivity contribution in [3.8, 4) is 5.82 Å². The van der Waals surface area contributed by atoms with E-state index < -0.39 is 0 Å². The molecule has 0 saturated carbocycles. The van der Waals surface area contributed by atoms with Crippen LogP contribution in [-0.4, -0.2) is 19.7 Å². The van der Waals surface area contributed by atoms with Crippen LogP contribution in [0.4, 0.5) is 5.95 Å². The number of anilines is 1. The lowest BCUT2D eigenvalue weighted by atomic mass is 10.4. The first kappa shape index (κ1) is 9.97. The Kier molecular flexibility index (Phi) is 2.28. The van der Waals surface area contributed by atoms with E-state index in [2.05, 4.69) is 37.7 Å². The van der Waals surface area contributed by atoms with E-state index in [1.54, 1.807) is 22.2 Å². The normalized spacial score (nSPS) is 11.1. The van der Waals surface area contributed by atoms with Gasteiger partial charge in [0.05, 0.1) is 15.2 Å². The van der Waals surface area contributed by atoms with E-state index >= 15 is 0 Å². The van der Waals surface area contributed by atoms with Crippen LogP contribution in [0.15, 0.2) is 23.8 Å². The number of fused-ring (bicyclic) bond motifs is 1. The van der Waals surface area contributed by atoms with Crippen LogP contribution < -0.4 is 5.73 Å². The van der Waals surface area contributed by atoms with Gasteiger partial charge in [-0.2, -0.15) is 10.1 Å². The Balaban J connectivity index is 2.33. The van der Waals surface area contributed by atoms with Gasteiger partial charge in [0.25, 0.3) is 0 Å². The fourth-order valence-corrected chi connectivity index (χ4v) is 2.60. The van der Waals surface area contributed by atoms with Crippen LogP contribution >= 0.6 is 33.9 Å². The van der Waals surface area contributed by atoms with Crippen molar-refractivity contribution in [1.82, 2.24) is 19.7 Å². The number of nitrogens with two attached hydrogens (primary N) is 1. The smallest absolute Gasteiger partial charge is 0.223 e. The Hall–Kier alpha value is -1.22. The minimum Gasteiger partial charge on any atom is -0.368 e. The molecule has 0 aromatic carbocycles. The number of hydrogen-bond acceptors (Lipinski definition) is 5. The lowest BCUT2D eigenvalue weighted by Gasteiger charge is -2.02. The molecule has 0 radical (unpaired) electrons. The third-order valence-electron chi connectivity index (χ3n) is 2.09. The first-order valence-corrected chi connectivity index (χ1v) is 6.41. The second-order valence-corrected chi connectivity index (χ2v) is 5.29. The van der Waals surface area contributed by atoms with Crippen molar-refractivity contribution in [3.05, 3.63) is 27.4 Å². The summed E-state index contributed by atoms with van der Waals surface area (Å²) in [7, 11) is 0. The predicted molar refractivity (Wildman–Crippen MR) is 71.7 cm³/mol. The summed E-state index contributed by atoms with van der Waals surface area (Å²) >= 11 is 3.75. The Morgan fingerprint density at radius 3 is 3.00 bits per heavy atom. The van der Waals surface area contributed by atoms with E-state index in [0.29, 0.717) is 0 Å². The average Bonchev–Trinajstić information content (AvgIpc) is 2.84. The molecule has 0 aliphatic heterocycles. The molecular weight excluding hydrogens is 337 g/mol. The molecule has 0 fully saturated rings. The molecule has 80 valence electrons. The highest BCUT2D eigenvalue weighted by Crippen LogP contribution is 2.24. The fraction of sp³-hybridized carbons (Fsp3) is 0. The fourth-order valence-electron chi connectivity index (χ4n) is 1.45. The van der Waals surface area contributed by atoms with Crippen molar-refractivity contribution >= 4 is 50.1 Å². The Bertz CT molecular complexity index is 659. The first-order valence-electron chi connectivity index (χ1n) is 4.45. The second-order valence-electron chi connectivity index (χ2n) is 3.15. The molecule has 3 rings (SSSR count). The number of nitrogens with zero attached hydrogens (tertiary/aromatic N) is 4. The van der Waals surface area contributed by atoms with E-state index in [1.165, 1.54) is 0 Å². The van der Waals surface area contributed by atoms with Crippen LogP contribution in [-0.2, 0) is 0 Å². The van der Waals surface area contributed by atoms with Crippen molar-refractivity contribution in [3.63, 3.8) is 0 Å². The zero-order chi connectivity index (χ0) is 11.1. The maximum Gasteiger partial charge on any atom is 0.223 e. The molecule has 0 saturated heterocycles. The SMILES string of the molecule is Nc1nc(-n2cc(I)cn2)c2ccsc2n1. The van der Waals surface area contributed by atoms with Gasteiger partial charge in [-0.05, 0) is 34.0 Å². The number of halogens is 1.